The quantitative estimate of drug-likeness (QED) is 0.867. The fourth-order valence-electron chi connectivity index (χ4n) is 2.26. The molecule has 0 fully saturated rings. The van der Waals surface area contributed by atoms with E-state index in [4.69, 9.17) is 9.84 Å². The van der Waals surface area contributed by atoms with Crippen LogP contribution < -0.4 is 4.74 Å². The summed E-state index contributed by atoms with van der Waals surface area (Å²) in [5, 5.41) is 8.88. The predicted octanol–water partition coefficient (Wildman–Crippen LogP) is 2.25. The number of carboxylic acid groups (broad SMARTS) is 1. The molecule has 0 atom stereocenters. The Kier molecular flexibility index (Phi) is 5.55. The Bertz CT molecular complexity index is 488. The molecule has 0 unspecified atom stereocenters. The molecule has 5 nitrogen and oxygen atoms in total. The van der Waals surface area contributed by atoms with Crippen LogP contribution in [-0.4, -0.2) is 42.1 Å². The molecule has 0 spiro atoms. The van der Waals surface area contributed by atoms with Crippen LogP contribution in [0.3, 0.4) is 0 Å². The van der Waals surface area contributed by atoms with Crippen LogP contribution in [-0.2, 0) is 4.79 Å². The zero-order chi connectivity index (χ0) is 15.3. The maximum Gasteiger partial charge on any atom is 0.323 e. The van der Waals surface area contributed by atoms with Gasteiger partial charge in [-0.05, 0) is 43.5 Å². The summed E-state index contributed by atoms with van der Waals surface area (Å²) in [6.45, 7) is 5.78. The molecule has 0 radical (unpaired) electrons. The minimum atomic E-state index is -1.01. The van der Waals surface area contributed by atoms with Gasteiger partial charge in [0.25, 0.3) is 5.91 Å². The fourth-order valence-corrected chi connectivity index (χ4v) is 2.26. The number of hydrogen-bond acceptors (Lipinski definition) is 3. The number of hydrogen-bond donors (Lipinski definition) is 1. The maximum absolute atomic E-state index is 12.4. The number of aryl methyl sites for hydroxylation is 2. The van der Waals surface area contributed by atoms with Gasteiger partial charge >= 0.3 is 5.97 Å². The minimum Gasteiger partial charge on any atom is -0.496 e. The molecule has 1 aromatic carbocycles. The Morgan fingerprint density at radius 3 is 2.20 bits per heavy atom. The molecular weight excluding hydrogens is 258 g/mol. The van der Waals surface area contributed by atoms with Gasteiger partial charge in [0.15, 0.2) is 0 Å². The second-order valence-electron chi connectivity index (χ2n) is 4.76. The highest BCUT2D eigenvalue weighted by Crippen LogP contribution is 2.25. The summed E-state index contributed by atoms with van der Waals surface area (Å²) >= 11 is 0. The van der Waals surface area contributed by atoms with Crippen LogP contribution in [0.15, 0.2) is 12.1 Å². The number of rotatable bonds is 6. The van der Waals surface area contributed by atoms with E-state index in [1.54, 1.807) is 19.2 Å². The topological polar surface area (TPSA) is 66.8 Å². The lowest BCUT2D eigenvalue weighted by Crippen LogP contribution is -2.36. The number of amides is 1. The highest BCUT2D eigenvalue weighted by molar-refractivity contribution is 5.96. The monoisotopic (exact) mass is 279 g/mol. The van der Waals surface area contributed by atoms with Gasteiger partial charge in [-0.2, -0.15) is 0 Å². The van der Waals surface area contributed by atoms with Crippen LogP contribution >= 0.6 is 0 Å². The molecule has 0 aliphatic rings. The number of methoxy groups -OCH3 is 1. The van der Waals surface area contributed by atoms with Gasteiger partial charge in [0.2, 0.25) is 0 Å². The molecule has 1 amide bonds. The molecule has 110 valence electrons. The SMILES string of the molecule is CCCN(CC(=O)O)C(=O)c1cc(C)c(OC)c(C)c1. The van der Waals surface area contributed by atoms with Crippen molar-refractivity contribution in [1.29, 1.82) is 0 Å². The summed E-state index contributed by atoms with van der Waals surface area (Å²) < 4.78 is 5.26. The molecule has 0 saturated heterocycles. The number of carboxylic acids is 1. The first-order valence-corrected chi connectivity index (χ1v) is 6.57. The Hall–Kier alpha value is -2.04. The van der Waals surface area contributed by atoms with Crippen molar-refractivity contribution >= 4 is 11.9 Å². The second kappa shape index (κ2) is 6.93. The third-order valence-electron chi connectivity index (χ3n) is 3.02. The highest BCUT2D eigenvalue weighted by atomic mass is 16.5. The first kappa shape index (κ1) is 16.0. The summed E-state index contributed by atoms with van der Waals surface area (Å²) in [6.07, 6.45) is 0.715. The molecule has 0 aromatic heterocycles. The van der Waals surface area contributed by atoms with Crippen LogP contribution in [0, 0.1) is 13.8 Å². The van der Waals surface area contributed by atoms with Gasteiger partial charge in [-0.25, -0.2) is 0 Å². The lowest BCUT2D eigenvalue weighted by molar-refractivity contribution is -0.137. The third kappa shape index (κ3) is 3.73. The van der Waals surface area contributed by atoms with Gasteiger partial charge in [0, 0.05) is 12.1 Å². The summed E-state index contributed by atoms with van der Waals surface area (Å²) in [5.74, 6) is -0.515. The standard InChI is InChI=1S/C15H21NO4/c1-5-6-16(9-13(17)18)15(19)12-7-10(2)14(20-4)11(3)8-12/h7-8H,5-6,9H2,1-4H3,(H,17,18). The van der Waals surface area contributed by atoms with E-state index in [0.29, 0.717) is 18.5 Å². The van der Waals surface area contributed by atoms with Gasteiger partial charge in [0.1, 0.15) is 12.3 Å². The largest absolute Gasteiger partial charge is 0.496 e. The highest BCUT2D eigenvalue weighted by Gasteiger charge is 2.19. The average Bonchev–Trinajstić information content (AvgIpc) is 2.36. The van der Waals surface area contributed by atoms with Crippen LogP contribution in [0.5, 0.6) is 5.75 Å². The van der Waals surface area contributed by atoms with Crippen LogP contribution in [0.4, 0.5) is 0 Å². The van der Waals surface area contributed by atoms with E-state index in [1.807, 2.05) is 20.8 Å². The Balaban J connectivity index is 3.08. The van der Waals surface area contributed by atoms with Crippen LogP contribution in [0.1, 0.15) is 34.8 Å². The average molecular weight is 279 g/mol. The number of benzene rings is 1. The number of nitrogens with zero attached hydrogens (tertiary/aromatic N) is 1. The summed E-state index contributed by atoms with van der Waals surface area (Å²) in [5.41, 5.74) is 2.22. The van der Waals surface area contributed by atoms with E-state index in [2.05, 4.69) is 0 Å². The number of carbonyl (C=O) groups is 2. The zero-order valence-electron chi connectivity index (χ0n) is 12.4. The molecule has 0 heterocycles. The van der Waals surface area contributed by atoms with Gasteiger partial charge in [-0.3, -0.25) is 9.59 Å². The molecule has 5 heteroatoms. The molecule has 0 aliphatic heterocycles. The van der Waals surface area contributed by atoms with Crippen molar-refractivity contribution < 1.29 is 19.4 Å². The summed E-state index contributed by atoms with van der Waals surface area (Å²) in [7, 11) is 1.59. The van der Waals surface area contributed by atoms with Crippen molar-refractivity contribution in [1.82, 2.24) is 4.90 Å². The fraction of sp³-hybridized carbons (Fsp3) is 0.467. The first-order chi connectivity index (χ1) is 9.40. The van der Waals surface area contributed by atoms with Crippen LogP contribution in [0.25, 0.3) is 0 Å². The molecule has 1 N–H and O–H groups in total. The second-order valence-corrected chi connectivity index (χ2v) is 4.76. The van der Waals surface area contributed by atoms with Gasteiger partial charge in [-0.15, -0.1) is 0 Å². The molecular formula is C15H21NO4. The zero-order valence-corrected chi connectivity index (χ0v) is 12.4. The molecule has 0 saturated carbocycles. The summed E-state index contributed by atoms with van der Waals surface area (Å²) in [4.78, 5) is 24.6. The van der Waals surface area contributed by atoms with E-state index < -0.39 is 5.97 Å². The molecule has 0 aliphatic carbocycles. The lowest BCUT2D eigenvalue weighted by Gasteiger charge is -2.21. The van der Waals surface area contributed by atoms with Crippen molar-refractivity contribution in [3.05, 3.63) is 28.8 Å². The van der Waals surface area contributed by atoms with E-state index in [-0.39, 0.29) is 12.5 Å². The van der Waals surface area contributed by atoms with Crippen molar-refractivity contribution in [3.8, 4) is 5.75 Å². The first-order valence-electron chi connectivity index (χ1n) is 6.57. The van der Waals surface area contributed by atoms with E-state index >= 15 is 0 Å². The van der Waals surface area contributed by atoms with E-state index in [1.165, 1.54) is 4.90 Å². The molecule has 0 bridgehead atoms. The predicted molar refractivity (Wildman–Crippen MR) is 76.3 cm³/mol. The smallest absolute Gasteiger partial charge is 0.323 e. The van der Waals surface area contributed by atoms with Gasteiger partial charge in [-0.1, -0.05) is 6.92 Å². The van der Waals surface area contributed by atoms with Gasteiger partial charge < -0.3 is 14.7 Å². The summed E-state index contributed by atoms with van der Waals surface area (Å²) in [6, 6.07) is 3.47. The van der Waals surface area contributed by atoms with E-state index in [9.17, 15) is 9.59 Å². The van der Waals surface area contributed by atoms with Gasteiger partial charge in [0.05, 0.1) is 7.11 Å². The van der Waals surface area contributed by atoms with Crippen molar-refractivity contribution in [2.45, 2.75) is 27.2 Å². The van der Waals surface area contributed by atoms with Crippen molar-refractivity contribution in [3.63, 3.8) is 0 Å². The minimum absolute atomic E-state index is 0.261. The molecule has 1 aromatic rings. The van der Waals surface area contributed by atoms with Crippen LogP contribution in [0.2, 0.25) is 0 Å². The Morgan fingerprint density at radius 2 is 1.80 bits per heavy atom. The van der Waals surface area contributed by atoms with E-state index in [0.717, 1.165) is 16.9 Å². The maximum atomic E-state index is 12.4. The van der Waals surface area contributed by atoms with Crippen molar-refractivity contribution in [2.75, 3.05) is 20.2 Å². The number of aliphatic carboxylic acids is 1. The number of ether oxygens (including phenoxy) is 1. The van der Waals surface area contributed by atoms with Crippen molar-refractivity contribution in [2.24, 2.45) is 0 Å². The molecule has 20 heavy (non-hydrogen) atoms. The Labute approximate surface area is 119 Å². The number of carbonyl (C=O) groups excluding carboxylic acids is 1. The normalized spacial score (nSPS) is 10.2. The molecule has 1 rings (SSSR count). The third-order valence-corrected chi connectivity index (χ3v) is 3.02. The lowest BCUT2D eigenvalue weighted by atomic mass is 10.0. The Morgan fingerprint density at radius 1 is 1.25 bits per heavy atom.